The fraction of sp³-hybridized carbons (Fsp3) is 0.460. The predicted molar refractivity (Wildman–Crippen MR) is 367 cm³/mol. The summed E-state index contributed by atoms with van der Waals surface area (Å²) >= 11 is 0. The van der Waals surface area contributed by atoms with E-state index in [0.717, 1.165) is 0 Å². The number of hydrogen-bond donors (Lipinski definition) is 17. The van der Waals surface area contributed by atoms with Crippen molar-refractivity contribution >= 4 is 105 Å². The van der Waals surface area contributed by atoms with Gasteiger partial charge in [0.05, 0.1) is 63.3 Å². The third kappa shape index (κ3) is 29.6. The zero-order chi connectivity index (χ0) is 73.6. The lowest BCUT2D eigenvalue weighted by Crippen LogP contribution is -2.42. The molecule has 0 spiro atoms. The number of ether oxygens (including phenoxy) is 3. The Kier molecular flexibility index (Phi) is 33.7. The minimum Gasteiger partial charge on any atom is -0.480 e. The van der Waals surface area contributed by atoms with E-state index in [1.165, 1.54) is 36.7 Å². The molecule has 0 saturated heterocycles. The van der Waals surface area contributed by atoms with E-state index in [4.69, 9.17) is 31.5 Å². The van der Waals surface area contributed by atoms with Crippen molar-refractivity contribution in [3.63, 3.8) is 0 Å². The van der Waals surface area contributed by atoms with E-state index in [1.54, 1.807) is 24.3 Å². The van der Waals surface area contributed by atoms with E-state index in [0.29, 0.717) is 94.8 Å². The first-order chi connectivity index (χ1) is 49.1. The Morgan fingerprint density at radius 1 is 0.461 bits per heavy atom. The van der Waals surface area contributed by atoms with Crippen molar-refractivity contribution in [3.8, 4) is 0 Å². The van der Waals surface area contributed by atoms with Gasteiger partial charge in [-0.25, -0.2) is 35.4 Å². The van der Waals surface area contributed by atoms with Crippen LogP contribution in [0.2, 0.25) is 0 Å². The first-order valence-corrected chi connectivity index (χ1v) is 32.7. The molecule has 2 aromatic carbocycles. The standard InChI is InChI=1S/C63H86N22O17/c64-62-80-54-52(58(94)82-62)74-36-42(76-54)34-72-40-10-6-38(7-11-40)56(92)78-44(60(96)97)14-16-47(87)68-21-23-70-49(89)18-26-85(25-3-29-101-31-33-102-32-30-100-28-2-20-67-46(86)4-1-5-51(91)84-66)27-19-50(90)71-24-22-69-48(88)17-15-45(61(98)99)79-57(93)39-8-12-41(13-9-39)73-35-43-37-75-53-55(77-43)81-63(65)83-59(53)95/h6-13,36-37,44-45,72-73H,1-5,14-35,66H2,(H,67,86)(H,68,87)(H,69,88)(H,70,89)(H,71,90)(H,78,92)(H,79,93)(H,84,91)(H,96,97)(H,98,99)(H3,64,76,80,82,94)(H3,65,77,81,83,95). The smallest absolute Gasteiger partial charge is 0.326 e. The van der Waals surface area contributed by atoms with Crippen LogP contribution in [0.25, 0.3) is 22.3 Å². The molecule has 20 N–H and O–H groups in total. The molecule has 4 heterocycles. The molecule has 550 valence electrons. The van der Waals surface area contributed by atoms with E-state index >= 15 is 0 Å². The molecule has 0 fully saturated rings. The Bertz CT molecular complexity index is 3700. The van der Waals surface area contributed by atoms with Crippen molar-refractivity contribution in [1.82, 2.24) is 87.4 Å². The second kappa shape index (κ2) is 43.2. The van der Waals surface area contributed by atoms with Crippen molar-refractivity contribution in [1.29, 1.82) is 0 Å². The number of aliphatic carboxylic acids is 2. The number of carbonyl (C=O) groups excluding carboxylic acids is 8. The molecule has 0 saturated carbocycles. The molecule has 2 atom stereocenters. The highest BCUT2D eigenvalue weighted by Crippen LogP contribution is 2.15. The van der Waals surface area contributed by atoms with E-state index < -0.39 is 58.8 Å². The number of carboxylic acid groups (broad SMARTS) is 2. The number of nitrogens with one attached hydrogen (secondary N) is 12. The number of nitrogens with zero attached hydrogens (tertiary/aromatic N) is 7. The maximum atomic E-state index is 13.0. The van der Waals surface area contributed by atoms with Gasteiger partial charge in [-0.15, -0.1) is 0 Å². The summed E-state index contributed by atoms with van der Waals surface area (Å²) in [4.78, 5) is 180. The lowest BCUT2D eigenvalue weighted by atomic mass is 10.1. The van der Waals surface area contributed by atoms with E-state index in [9.17, 15) is 67.7 Å². The van der Waals surface area contributed by atoms with Crippen LogP contribution < -0.4 is 81.7 Å². The summed E-state index contributed by atoms with van der Waals surface area (Å²) in [5.74, 6) is -1.49. The fourth-order valence-electron chi connectivity index (χ4n) is 9.44. The molecule has 0 aliphatic rings. The van der Waals surface area contributed by atoms with Crippen molar-refractivity contribution < 1.29 is 72.4 Å². The third-order valence-electron chi connectivity index (χ3n) is 14.9. The summed E-state index contributed by atoms with van der Waals surface area (Å²) in [5.41, 5.74) is 14.8. The number of aromatic amines is 2. The number of rotatable bonds is 48. The number of carboxylic acids is 2. The van der Waals surface area contributed by atoms with Gasteiger partial charge in [-0.1, -0.05) is 0 Å². The Hall–Kier alpha value is -11.4. The monoisotopic (exact) mass is 1420 g/mol. The Morgan fingerprint density at radius 3 is 1.26 bits per heavy atom. The van der Waals surface area contributed by atoms with Gasteiger partial charge in [0.25, 0.3) is 22.9 Å². The summed E-state index contributed by atoms with van der Waals surface area (Å²) in [7, 11) is 0. The number of nitrogen functional groups attached to an aromatic ring is 2. The molecule has 6 rings (SSSR count). The van der Waals surface area contributed by atoms with Gasteiger partial charge in [0.1, 0.15) is 12.1 Å². The van der Waals surface area contributed by atoms with Crippen molar-refractivity contribution in [3.05, 3.63) is 104 Å². The summed E-state index contributed by atoms with van der Waals surface area (Å²) < 4.78 is 16.9. The van der Waals surface area contributed by atoms with Gasteiger partial charge in [0, 0.05) is 127 Å². The van der Waals surface area contributed by atoms with Gasteiger partial charge >= 0.3 is 11.9 Å². The molecular weight excluding hydrogens is 1340 g/mol. The number of anilines is 4. The lowest BCUT2D eigenvalue weighted by molar-refractivity contribution is -0.140. The van der Waals surface area contributed by atoms with Gasteiger partial charge in [-0.3, -0.25) is 63.3 Å². The first-order valence-electron chi connectivity index (χ1n) is 32.7. The second-order valence-corrected chi connectivity index (χ2v) is 22.7. The SMILES string of the molecule is NNC(=O)CCCC(=O)NCCCOCCOCCOCCCN(CCC(=O)NCCNC(=O)CCC(NC(=O)c1ccc(NCc2cnc3c(=O)[nH]c(N)nc3n2)cc1)C(=O)O)CCC(=O)NCCNC(=O)CCC(NC(=O)c1ccc(NCc2cnc3c(=O)[nH]c(N)nc3n2)cc1)C(=O)O. The van der Waals surface area contributed by atoms with Crippen LogP contribution in [0.4, 0.5) is 23.3 Å². The molecule has 102 heavy (non-hydrogen) atoms. The summed E-state index contributed by atoms with van der Waals surface area (Å²) in [6, 6.07) is 9.47. The number of amides is 8. The van der Waals surface area contributed by atoms with E-state index in [1.807, 2.05) is 10.3 Å². The number of hydrazine groups is 1. The van der Waals surface area contributed by atoms with E-state index in [-0.39, 0.29) is 173 Å². The number of aromatic nitrogens is 8. The number of benzene rings is 2. The average molecular weight is 1420 g/mol. The Balaban J connectivity index is 0.860. The Labute approximate surface area is 582 Å². The van der Waals surface area contributed by atoms with Gasteiger partial charge in [0.15, 0.2) is 22.3 Å². The number of carbonyl (C=O) groups is 10. The maximum Gasteiger partial charge on any atom is 0.326 e. The lowest BCUT2D eigenvalue weighted by Gasteiger charge is -2.22. The molecule has 0 radical (unpaired) electrons. The second-order valence-electron chi connectivity index (χ2n) is 22.7. The molecular formula is C63H86N22O17. The van der Waals surface area contributed by atoms with Gasteiger partial charge in [0.2, 0.25) is 47.3 Å². The summed E-state index contributed by atoms with van der Waals surface area (Å²) in [5, 5.41) is 44.2. The zero-order valence-electron chi connectivity index (χ0n) is 55.9. The van der Waals surface area contributed by atoms with Gasteiger partial charge in [-0.2, -0.15) is 9.97 Å². The molecule has 0 aliphatic heterocycles. The van der Waals surface area contributed by atoms with Gasteiger partial charge < -0.3 is 88.6 Å². The Morgan fingerprint density at radius 2 is 0.843 bits per heavy atom. The molecule has 0 bridgehead atoms. The van der Waals surface area contributed by atoms with Crippen molar-refractivity contribution in [2.24, 2.45) is 5.84 Å². The quantitative estimate of drug-likeness (QED) is 0.00806. The maximum absolute atomic E-state index is 13.0. The minimum absolute atomic E-state index is 0.0155. The highest BCUT2D eigenvalue weighted by molar-refractivity contribution is 5.98. The van der Waals surface area contributed by atoms with Crippen molar-refractivity contribution in [2.45, 2.75) is 95.8 Å². The van der Waals surface area contributed by atoms with Crippen LogP contribution >= 0.6 is 0 Å². The molecule has 6 aromatic rings. The molecule has 8 amide bonds. The van der Waals surface area contributed by atoms with Crippen LogP contribution in [0.1, 0.15) is 103 Å². The van der Waals surface area contributed by atoms with Crippen LogP contribution in [0, 0.1) is 0 Å². The van der Waals surface area contributed by atoms with Crippen LogP contribution in [-0.2, 0) is 65.7 Å². The van der Waals surface area contributed by atoms with Gasteiger partial charge in [-0.05, 0) is 80.6 Å². The zero-order valence-corrected chi connectivity index (χ0v) is 55.9. The summed E-state index contributed by atoms with van der Waals surface area (Å²) in [6.07, 6.45) is 3.74. The van der Waals surface area contributed by atoms with Crippen LogP contribution in [0.3, 0.4) is 0 Å². The van der Waals surface area contributed by atoms with Crippen molar-refractivity contribution in [2.75, 3.05) is 114 Å². The van der Waals surface area contributed by atoms with Crippen LogP contribution in [0.5, 0.6) is 0 Å². The molecule has 2 unspecified atom stereocenters. The minimum atomic E-state index is -1.40. The molecule has 39 heteroatoms. The fourth-order valence-corrected chi connectivity index (χ4v) is 9.44. The molecule has 4 aromatic heterocycles. The molecule has 39 nitrogen and oxygen atoms in total. The first kappa shape index (κ1) is 79.6. The highest BCUT2D eigenvalue weighted by atomic mass is 16.5. The number of hydrogen-bond acceptors (Lipinski definition) is 27. The van der Waals surface area contributed by atoms with Crippen LogP contribution in [-0.4, -0.2) is 218 Å². The topological polar surface area (TPSA) is 584 Å². The predicted octanol–water partition coefficient (Wildman–Crippen LogP) is -2.59. The summed E-state index contributed by atoms with van der Waals surface area (Å²) in [6.45, 7) is 3.80. The number of nitrogens with two attached hydrogens (primary N) is 3. The number of H-pyrrole nitrogens is 2. The van der Waals surface area contributed by atoms with Crippen LogP contribution in [0.15, 0.2) is 70.5 Å². The molecule has 0 aliphatic carbocycles. The highest BCUT2D eigenvalue weighted by Gasteiger charge is 2.24. The average Bonchev–Trinajstić information content (AvgIpc) is 0.818. The number of fused-ring (bicyclic) bond motifs is 2. The van der Waals surface area contributed by atoms with E-state index in [2.05, 4.69) is 87.7 Å². The third-order valence-corrected chi connectivity index (χ3v) is 14.9. The normalized spacial score (nSPS) is 11.6. The largest absolute Gasteiger partial charge is 0.480 e.